The van der Waals surface area contributed by atoms with Gasteiger partial charge < -0.3 is 14.6 Å². The number of hydrogen-bond donors (Lipinski definition) is 1. The zero-order valence-electron chi connectivity index (χ0n) is 21.7. The number of ether oxygens (including phenoxy) is 1. The number of carbonyl (C=O) groups excluding carboxylic acids is 1. The van der Waals surface area contributed by atoms with E-state index in [1.54, 1.807) is 12.1 Å². The summed E-state index contributed by atoms with van der Waals surface area (Å²) in [6.07, 6.45) is 3.11. The van der Waals surface area contributed by atoms with Gasteiger partial charge in [-0.3, -0.25) is 4.79 Å². The Morgan fingerprint density at radius 2 is 1.89 bits per heavy atom. The van der Waals surface area contributed by atoms with Crippen LogP contribution in [0, 0.1) is 11.8 Å². The SMILES string of the molecule is CC(C)NC(=O)CC1CCN(S(=O)(=O)c2ccc3c(c2)nc(C(C)(C)C)n3CC2CCOCC2)C1. The van der Waals surface area contributed by atoms with Crippen molar-refractivity contribution in [2.45, 2.75) is 83.2 Å². The van der Waals surface area contributed by atoms with Crippen LogP contribution in [0.25, 0.3) is 11.0 Å². The molecule has 1 aromatic heterocycles. The zero-order chi connectivity index (χ0) is 25.4. The minimum atomic E-state index is -3.65. The van der Waals surface area contributed by atoms with Gasteiger partial charge in [-0.1, -0.05) is 20.8 Å². The van der Waals surface area contributed by atoms with Gasteiger partial charge >= 0.3 is 0 Å². The Labute approximate surface area is 209 Å². The lowest BCUT2D eigenvalue weighted by molar-refractivity contribution is -0.122. The van der Waals surface area contributed by atoms with Crippen LogP contribution in [0.4, 0.5) is 0 Å². The van der Waals surface area contributed by atoms with Crippen LogP contribution in [0.1, 0.15) is 66.1 Å². The molecule has 0 bridgehead atoms. The molecular formula is C26H40N4O4S. The molecule has 1 aromatic carbocycles. The summed E-state index contributed by atoms with van der Waals surface area (Å²) in [4.78, 5) is 17.3. The predicted molar refractivity (Wildman–Crippen MR) is 137 cm³/mol. The van der Waals surface area contributed by atoms with Crippen molar-refractivity contribution in [3.63, 3.8) is 0 Å². The van der Waals surface area contributed by atoms with Gasteiger partial charge in [0.2, 0.25) is 15.9 Å². The highest BCUT2D eigenvalue weighted by Gasteiger charge is 2.34. The maximum absolute atomic E-state index is 13.5. The summed E-state index contributed by atoms with van der Waals surface area (Å²) in [5.74, 6) is 1.53. The van der Waals surface area contributed by atoms with Gasteiger partial charge in [-0.05, 0) is 63.1 Å². The van der Waals surface area contributed by atoms with E-state index in [4.69, 9.17) is 9.72 Å². The van der Waals surface area contributed by atoms with Crippen LogP contribution in [0.3, 0.4) is 0 Å². The first-order chi connectivity index (χ1) is 16.4. The van der Waals surface area contributed by atoms with E-state index in [1.165, 1.54) is 4.31 Å². The summed E-state index contributed by atoms with van der Waals surface area (Å²) in [5.41, 5.74) is 1.53. The van der Waals surface area contributed by atoms with Crippen molar-refractivity contribution in [3.8, 4) is 0 Å². The van der Waals surface area contributed by atoms with Crippen molar-refractivity contribution >= 4 is 27.0 Å². The number of hydrogen-bond acceptors (Lipinski definition) is 5. The van der Waals surface area contributed by atoms with Crippen LogP contribution in [0.5, 0.6) is 0 Å². The van der Waals surface area contributed by atoms with E-state index in [0.717, 1.165) is 49.5 Å². The van der Waals surface area contributed by atoms with Crippen molar-refractivity contribution in [2.24, 2.45) is 11.8 Å². The Morgan fingerprint density at radius 1 is 1.17 bits per heavy atom. The van der Waals surface area contributed by atoms with E-state index in [-0.39, 0.29) is 28.2 Å². The third-order valence-corrected chi connectivity index (χ3v) is 8.84. The van der Waals surface area contributed by atoms with Gasteiger partial charge in [0.05, 0.1) is 15.9 Å². The van der Waals surface area contributed by atoms with Crippen LogP contribution in [-0.4, -0.2) is 60.5 Å². The molecule has 3 heterocycles. The summed E-state index contributed by atoms with van der Waals surface area (Å²) in [6, 6.07) is 5.43. The topological polar surface area (TPSA) is 93.5 Å². The molecule has 1 N–H and O–H groups in total. The normalized spacial score (nSPS) is 20.7. The molecule has 8 nitrogen and oxygen atoms in total. The fraction of sp³-hybridized carbons (Fsp3) is 0.692. The molecule has 2 saturated heterocycles. The smallest absolute Gasteiger partial charge is 0.243 e. The van der Waals surface area contributed by atoms with Crippen molar-refractivity contribution in [1.82, 2.24) is 19.2 Å². The zero-order valence-corrected chi connectivity index (χ0v) is 22.5. The molecule has 4 rings (SSSR count). The number of aromatic nitrogens is 2. The van der Waals surface area contributed by atoms with Crippen LogP contribution in [0.2, 0.25) is 0 Å². The summed E-state index contributed by atoms with van der Waals surface area (Å²) >= 11 is 0. The van der Waals surface area contributed by atoms with Crippen molar-refractivity contribution in [3.05, 3.63) is 24.0 Å². The number of rotatable bonds is 7. The molecule has 1 unspecified atom stereocenters. The molecule has 0 aliphatic carbocycles. The molecule has 2 aliphatic rings. The number of sulfonamides is 1. The predicted octanol–water partition coefficient (Wildman–Crippen LogP) is 3.69. The van der Waals surface area contributed by atoms with Gasteiger partial charge in [-0.15, -0.1) is 0 Å². The number of nitrogens with zero attached hydrogens (tertiary/aromatic N) is 3. The maximum Gasteiger partial charge on any atom is 0.243 e. The number of carbonyl (C=O) groups is 1. The third-order valence-electron chi connectivity index (χ3n) is 6.98. The van der Waals surface area contributed by atoms with Gasteiger partial charge in [0.15, 0.2) is 0 Å². The molecule has 35 heavy (non-hydrogen) atoms. The number of imidazole rings is 1. The van der Waals surface area contributed by atoms with Crippen molar-refractivity contribution < 1.29 is 17.9 Å². The lowest BCUT2D eigenvalue weighted by Crippen LogP contribution is -2.33. The van der Waals surface area contributed by atoms with Gasteiger partial charge in [-0.2, -0.15) is 4.31 Å². The molecule has 194 valence electrons. The Kier molecular flexibility index (Phi) is 7.60. The Balaban J connectivity index is 1.57. The third kappa shape index (κ3) is 5.89. The minimum absolute atomic E-state index is 0.0181. The summed E-state index contributed by atoms with van der Waals surface area (Å²) in [6.45, 7) is 13.5. The molecule has 1 atom stereocenters. The molecule has 0 radical (unpaired) electrons. The van der Waals surface area contributed by atoms with E-state index in [1.807, 2.05) is 19.9 Å². The van der Waals surface area contributed by atoms with Gasteiger partial charge in [0.25, 0.3) is 0 Å². The summed E-state index contributed by atoms with van der Waals surface area (Å²) in [7, 11) is -3.65. The van der Waals surface area contributed by atoms with Gasteiger partial charge in [-0.25, -0.2) is 13.4 Å². The summed E-state index contributed by atoms with van der Waals surface area (Å²) in [5, 5.41) is 2.90. The number of nitrogens with one attached hydrogen (secondary N) is 1. The molecular weight excluding hydrogens is 464 g/mol. The van der Waals surface area contributed by atoms with E-state index in [0.29, 0.717) is 31.8 Å². The fourth-order valence-electron chi connectivity index (χ4n) is 5.19. The molecule has 0 saturated carbocycles. The first kappa shape index (κ1) is 26.1. The maximum atomic E-state index is 13.5. The lowest BCUT2D eigenvalue weighted by atomic mass is 9.94. The van der Waals surface area contributed by atoms with E-state index >= 15 is 0 Å². The van der Waals surface area contributed by atoms with Gasteiger partial charge in [0.1, 0.15) is 5.82 Å². The Hall–Kier alpha value is -1.97. The largest absolute Gasteiger partial charge is 0.381 e. The van der Waals surface area contributed by atoms with Crippen LogP contribution >= 0.6 is 0 Å². The first-order valence-corrected chi connectivity index (χ1v) is 14.3. The fourth-order valence-corrected chi connectivity index (χ4v) is 6.74. The quantitative estimate of drug-likeness (QED) is 0.621. The second-order valence-corrected chi connectivity index (χ2v) is 13.4. The molecule has 2 fully saturated rings. The summed E-state index contributed by atoms with van der Waals surface area (Å²) < 4.78 is 36.3. The monoisotopic (exact) mass is 504 g/mol. The highest BCUT2D eigenvalue weighted by molar-refractivity contribution is 7.89. The van der Waals surface area contributed by atoms with Crippen LogP contribution < -0.4 is 5.32 Å². The highest BCUT2D eigenvalue weighted by Crippen LogP contribution is 2.32. The number of benzene rings is 1. The minimum Gasteiger partial charge on any atom is -0.381 e. The second-order valence-electron chi connectivity index (χ2n) is 11.4. The highest BCUT2D eigenvalue weighted by atomic mass is 32.2. The first-order valence-electron chi connectivity index (χ1n) is 12.8. The van der Waals surface area contributed by atoms with Crippen LogP contribution in [0.15, 0.2) is 23.1 Å². The van der Waals surface area contributed by atoms with Gasteiger partial charge in [0, 0.05) is 50.7 Å². The Morgan fingerprint density at radius 3 is 2.54 bits per heavy atom. The average molecular weight is 505 g/mol. The van der Waals surface area contributed by atoms with E-state index < -0.39 is 10.0 Å². The molecule has 1 amide bonds. The van der Waals surface area contributed by atoms with E-state index in [9.17, 15) is 13.2 Å². The molecule has 9 heteroatoms. The van der Waals surface area contributed by atoms with Crippen molar-refractivity contribution in [1.29, 1.82) is 0 Å². The van der Waals surface area contributed by atoms with Crippen LogP contribution in [-0.2, 0) is 31.5 Å². The second kappa shape index (κ2) is 10.2. The van der Waals surface area contributed by atoms with E-state index in [2.05, 4.69) is 30.7 Å². The average Bonchev–Trinajstić information content (AvgIpc) is 3.39. The molecule has 2 aliphatic heterocycles. The lowest BCUT2D eigenvalue weighted by Gasteiger charge is -2.26. The number of amides is 1. The number of fused-ring (bicyclic) bond motifs is 1. The Bertz CT molecular complexity index is 1160. The van der Waals surface area contributed by atoms with Crippen molar-refractivity contribution in [2.75, 3.05) is 26.3 Å². The molecule has 2 aromatic rings. The standard InChI is InChI=1S/C26H40N4O4S/c1-18(2)27-24(31)14-20-8-11-29(16-20)35(32,33)21-6-7-23-22(15-21)28-25(26(3,4)5)30(23)17-19-9-12-34-13-10-19/h6-7,15,18-20H,8-14,16-17H2,1-5H3,(H,27,31). The molecule has 0 spiro atoms.